The molecule has 1 aliphatic heterocycles. The van der Waals surface area contributed by atoms with E-state index in [2.05, 4.69) is 26.2 Å². The summed E-state index contributed by atoms with van der Waals surface area (Å²) in [4.78, 5) is 16.9. The standard InChI is InChI=1S/C23H23ClF5N5O/c1-22(2,3)18-17(26)19(34-33-18)31-21(30-11-13-6-9-15(25)10-16(13)24)32-20(35)12-4-7-14(8-5-12)23(27,28)29/h4-10,17,19,34H,11H2,1-3H3,(H2,30,31,32,35). The minimum Gasteiger partial charge on any atom is -0.332 e. The molecule has 3 N–H and O–H groups in total. The summed E-state index contributed by atoms with van der Waals surface area (Å²) in [6.07, 6.45) is -7.18. The number of halogens is 6. The van der Waals surface area contributed by atoms with Crippen LogP contribution in [-0.2, 0) is 12.7 Å². The summed E-state index contributed by atoms with van der Waals surface area (Å²) in [6, 6.07) is 7.26. The minimum absolute atomic E-state index is 0.0740. The summed E-state index contributed by atoms with van der Waals surface area (Å²) in [5.74, 6) is -1.50. The van der Waals surface area contributed by atoms with E-state index in [4.69, 9.17) is 11.6 Å². The van der Waals surface area contributed by atoms with Crippen LogP contribution in [0.1, 0.15) is 42.3 Å². The SMILES string of the molecule is CC(C)(C)C1=NNC(NC(=NCc2ccc(F)cc2Cl)NC(=O)c2ccc(C(F)(F)F)cc2)C1F. The van der Waals surface area contributed by atoms with Crippen molar-refractivity contribution in [3.05, 3.63) is 70.0 Å². The maximum atomic E-state index is 15.0. The number of hydrazone groups is 1. The lowest BCUT2D eigenvalue weighted by molar-refractivity contribution is -0.137. The number of guanidine groups is 1. The molecule has 0 spiro atoms. The van der Waals surface area contributed by atoms with Crippen molar-refractivity contribution in [1.29, 1.82) is 0 Å². The highest BCUT2D eigenvalue weighted by atomic mass is 35.5. The molecule has 1 amide bonds. The number of amides is 1. The zero-order valence-electron chi connectivity index (χ0n) is 19.0. The number of hydrogen-bond acceptors (Lipinski definition) is 4. The van der Waals surface area contributed by atoms with E-state index in [1.54, 1.807) is 20.8 Å². The van der Waals surface area contributed by atoms with Gasteiger partial charge in [0, 0.05) is 16.0 Å². The van der Waals surface area contributed by atoms with E-state index >= 15 is 4.39 Å². The van der Waals surface area contributed by atoms with Gasteiger partial charge in [-0.2, -0.15) is 18.3 Å². The van der Waals surface area contributed by atoms with Crippen LogP contribution in [0.4, 0.5) is 22.0 Å². The topological polar surface area (TPSA) is 77.9 Å². The normalized spacial score (nSPS) is 18.7. The average Bonchev–Trinajstić information content (AvgIpc) is 3.13. The van der Waals surface area contributed by atoms with Crippen LogP contribution in [0.25, 0.3) is 0 Å². The number of nitrogens with one attached hydrogen (secondary N) is 3. The summed E-state index contributed by atoms with van der Waals surface area (Å²) >= 11 is 6.03. The minimum atomic E-state index is -4.55. The molecule has 2 atom stereocenters. The highest BCUT2D eigenvalue weighted by Gasteiger charge is 2.38. The predicted molar refractivity (Wildman–Crippen MR) is 123 cm³/mol. The lowest BCUT2D eigenvalue weighted by Crippen LogP contribution is -2.53. The Morgan fingerprint density at radius 1 is 1.14 bits per heavy atom. The molecule has 2 aromatic carbocycles. The predicted octanol–water partition coefficient (Wildman–Crippen LogP) is 5.04. The number of hydrogen-bond donors (Lipinski definition) is 3. The smallest absolute Gasteiger partial charge is 0.332 e. The molecule has 2 aromatic rings. The summed E-state index contributed by atoms with van der Waals surface area (Å²) < 4.78 is 66.8. The second-order valence-corrected chi connectivity index (χ2v) is 9.24. The van der Waals surface area contributed by atoms with Crippen LogP contribution >= 0.6 is 11.6 Å². The Hall–Kier alpha value is -3.21. The van der Waals surface area contributed by atoms with E-state index < -0.39 is 41.2 Å². The molecule has 0 bridgehead atoms. The van der Waals surface area contributed by atoms with Crippen molar-refractivity contribution in [3.8, 4) is 0 Å². The second-order valence-electron chi connectivity index (χ2n) is 8.83. The fourth-order valence-corrected chi connectivity index (χ4v) is 3.41. The fraction of sp³-hybridized carbons (Fsp3) is 0.348. The van der Waals surface area contributed by atoms with Crippen molar-refractivity contribution in [1.82, 2.24) is 16.1 Å². The molecule has 35 heavy (non-hydrogen) atoms. The van der Waals surface area contributed by atoms with Crippen LogP contribution in [0.3, 0.4) is 0 Å². The molecule has 12 heteroatoms. The molecule has 0 fully saturated rings. The molecule has 0 aliphatic carbocycles. The Labute approximate surface area is 203 Å². The van der Waals surface area contributed by atoms with E-state index in [1.807, 2.05) is 0 Å². The quantitative estimate of drug-likeness (QED) is 0.303. The van der Waals surface area contributed by atoms with Gasteiger partial charge in [-0.1, -0.05) is 38.4 Å². The van der Waals surface area contributed by atoms with Crippen molar-refractivity contribution in [2.45, 2.75) is 45.8 Å². The molecule has 0 saturated carbocycles. The van der Waals surface area contributed by atoms with Crippen LogP contribution < -0.4 is 16.1 Å². The molecule has 1 aliphatic rings. The van der Waals surface area contributed by atoms with Gasteiger partial charge in [-0.25, -0.2) is 13.8 Å². The fourth-order valence-electron chi connectivity index (χ4n) is 3.18. The number of rotatable bonds is 4. The maximum absolute atomic E-state index is 15.0. The zero-order valence-corrected chi connectivity index (χ0v) is 19.7. The third-order valence-electron chi connectivity index (χ3n) is 5.07. The highest BCUT2D eigenvalue weighted by molar-refractivity contribution is 6.31. The van der Waals surface area contributed by atoms with Crippen molar-refractivity contribution in [3.63, 3.8) is 0 Å². The van der Waals surface area contributed by atoms with Gasteiger partial charge in [0.25, 0.3) is 5.91 Å². The summed E-state index contributed by atoms with van der Waals surface area (Å²) in [6.45, 7) is 5.27. The largest absolute Gasteiger partial charge is 0.416 e. The molecule has 1 heterocycles. The van der Waals surface area contributed by atoms with Crippen molar-refractivity contribution >= 4 is 29.2 Å². The molecule has 0 aromatic heterocycles. The number of nitrogens with zero attached hydrogens (tertiary/aromatic N) is 2. The lowest BCUT2D eigenvalue weighted by Gasteiger charge is -2.23. The average molecular weight is 516 g/mol. The number of benzene rings is 2. The first kappa shape index (κ1) is 26.4. The number of aliphatic imine (C=N–C) groups is 1. The van der Waals surface area contributed by atoms with Gasteiger partial charge in [-0.3, -0.25) is 15.5 Å². The zero-order chi connectivity index (χ0) is 26.0. The van der Waals surface area contributed by atoms with Gasteiger partial charge in [-0.05, 0) is 42.0 Å². The van der Waals surface area contributed by atoms with Crippen LogP contribution in [0, 0.1) is 11.2 Å². The summed E-state index contributed by atoms with van der Waals surface area (Å²) in [5.41, 5.74) is 1.75. The van der Waals surface area contributed by atoms with E-state index in [0.717, 1.165) is 30.3 Å². The molecule has 0 saturated heterocycles. The first-order valence-electron chi connectivity index (χ1n) is 10.5. The Bertz CT molecular complexity index is 1140. The van der Waals surface area contributed by atoms with Gasteiger partial charge in [0.15, 0.2) is 18.3 Å². The van der Waals surface area contributed by atoms with Gasteiger partial charge in [0.1, 0.15) is 5.82 Å². The number of alkyl halides is 4. The van der Waals surface area contributed by atoms with Gasteiger partial charge in [0.05, 0.1) is 17.8 Å². The monoisotopic (exact) mass is 515 g/mol. The molecular formula is C23H23ClF5N5O. The van der Waals surface area contributed by atoms with Crippen LogP contribution in [0.15, 0.2) is 52.6 Å². The molecule has 2 unspecified atom stereocenters. The van der Waals surface area contributed by atoms with E-state index in [0.29, 0.717) is 5.56 Å². The van der Waals surface area contributed by atoms with E-state index in [1.165, 1.54) is 12.1 Å². The molecular weight excluding hydrogens is 493 g/mol. The second kappa shape index (κ2) is 10.2. The number of carbonyl (C=O) groups is 1. The molecule has 6 nitrogen and oxygen atoms in total. The Morgan fingerprint density at radius 2 is 1.80 bits per heavy atom. The molecule has 0 radical (unpaired) electrons. The maximum Gasteiger partial charge on any atom is 0.416 e. The Balaban J connectivity index is 1.81. The Morgan fingerprint density at radius 3 is 2.34 bits per heavy atom. The highest BCUT2D eigenvalue weighted by Crippen LogP contribution is 2.29. The van der Waals surface area contributed by atoms with Gasteiger partial charge in [-0.15, -0.1) is 0 Å². The third-order valence-corrected chi connectivity index (χ3v) is 5.42. The molecule has 3 rings (SSSR count). The van der Waals surface area contributed by atoms with Crippen LogP contribution in [0.2, 0.25) is 5.02 Å². The van der Waals surface area contributed by atoms with Gasteiger partial charge < -0.3 is 5.32 Å². The van der Waals surface area contributed by atoms with Crippen LogP contribution in [-0.4, -0.2) is 29.9 Å². The summed E-state index contributed by atoms with van der Waals surface area (Å²) in [5, 5.41) is 9.29. The molecule has 188 valence electrons. The van der Waals surface area contributed by atoms with Crippen molar-refractivity contribution < 1.29 is 26.7 Å². The van der Waals surface area contributed by atoms with Crippen LogP contribution in [0.5, 0.6) is 0 Å². The third kappa shape index (κ3) is 6.68. The van der Waals surface area contributed by atoms with Gasteiger partial charge in [0.2, 0.25) is 0 Å². The van der Waals surface area contributed by atoms with Crippen molar-refractivity contribution in [2.24, 2.45) is 15.5 Å². The van der Waals surface area contributed by atoms with E-state index in [-0.39, 0.29) is 28.8 Å². The van der Waals surface area contributed by atoms with Crippen molar-refractivity contribution in [2.75, 3.05) is 0 Å². The first-order chi connectivity index (χ1) is 16.3. The number of carbonyl (C=O) groups excluding carboxylic acids is 1. The van der Waals surface area contributed by atoms with Gasteiger partial charge >= 0.3 is 6.18 Å². The lowest BCUT2D eigenvalue weighted by atomic mass is 9.87. The Kier molecular flexibility index (Phi) is 7.68. The first-order valence-corrected chi connectivity index (χ1v) is 10.8. The van der Waals surface area contributed by atoms with E-state index in [9.17, 15) is 22.4 Å². The summed E-state index contributed by atoms with van der Waals surface area (Å²) in [7, 11) is 0.